The van der Waals surface area contributed by atoms with E-state index in [0.717, 1.165) is 55.3 Å². The molecule has 43 heavy (non-hydrogen) atoms. The van der Waals surface area contributed by atoms with Crippen LogP contribution in [0.4, 0.5) is 0 Å². The summed E-state index contributed by atoms with van der Waals surface area (Å²) in [6.45, 7) is 8.58. The Bertz CT molecular complexity index is 2360. The van der Waals surface area contributed by atoms with Crippen molar-refractivity contribution in [1.82, 2.24) is 0 Å². The molecule has 1 heteroatoms. The Morgan fingerprint density at radius 1 is 0.419 bits per heavy atom. The number of hydrogen-bond acceptors (Lipinski definition) is 1. The van der Waals surface area contributed by atoms with Crippen LogP contribution in [0.3, 0.4) is 0 Å². The molecule has 0 N–H and O–H groups in total. The lowest BCUT2D eigenvalue weighted by Crippen LogP contribution is -1.96. The minimum absolute atomic E-state index is 0.909. The summed E-state index contributed by atoms with van der Waals surface area (Å²) < 4.78 is 6.34. The standard InChI is InChI=1S/C42H28O/c1-3-30-31(4-2)41(35-20-11-14-27-13-5-6-15-32(27)35)37-18-8-7-17-36(37)40(30)29-25-23-28(24-26-29)33-19-12-21-38-34-16-9-10-22-39(34)43-42(33)38/h3-26H,1-2H2. The monoisotopic (exact) mass is 548 g/mol. The predicted molar refractivity (Wildman–Crippen MR) is 185 cm³/mol. The molecule has 0 saturated heterocycles. The van der Waals surface area contributed by atoms with Gasteiger partial charge in [0.25, 0.3) is 0 Å². The molecule has 8 aromatic rings. The van der Waals surface area contributed by atoms with Crippen LogP contribution in [0, 0.1) is 0 Å². The Balaban J connectivity index is 1.35. The molecule has 1 heterocycles. The van der Waals surface area contributed by atoms with Gasteiger partial charge in [-0.3, -0.25) is 0 Å². The molecule has 1 aromatic heterocycles. The van der Waals surface area contributed by atoms with E-state index in [1.807, 2.05) is 24.3 Å². The molecule has 7 aromatic carbocycles. The largest absolute Gasteiger partial charge is 0.455 e. The van der Waals surface area contributed by atoms with Crippen LogP contribution in [0.25, 0.3) is 89.0 Å². The summed E-state index contributed by atoms with van der Waals surface area (Å²) in [4.78, 5) is 0. The van der Waals surface area contributed by atoms with Gasteiger partial charge in [-0.25, -0.2) is 0 Å². The maximum absolute atomic E-state index is 6.34. The van der Waals surface area contributed by atoms with Crippen molar-refractivity contribution in [2.45, 2.75) is 0 Å². The smallest absolute Gasteiger partial charge is 0.143 e. The molecule has 0 fully saturated rings. The number of para-hydroxylation sites is 2. The van der Waals surface area contributed by atoms with E-state index in [4.69, 9.17) is 4.42 Å². The topological polar surface area (TPSA) is 13.1 Å². The fourth-order valence-electron chi connectivity index (χ4n) is 6.74. The normalized spacial score (nSPS) is 11.4. The molecule has 202 valence electrons. The van der Waals surface area contributed by atoms with Gasteiger partial charge in [0.15, 0.2) is 0 Å². The van der Waals surface area contributed by atoms with Crippen LogP contribution in [0.15, 0.2) is 151 Å². The van der Waals surface area contributed by atoms with Crippen LogP contribution in [0.2, 0.25) is 0 Å². The summed E-state index contributed by atoms with van der Waals surface area (Å²) in [7, 11) is 0. The highest BCUT2D eigenvalue weighted by molar-refractivity contribution is 6.15. The van der Waals surface area contributed by atoms with Crippen molar-refractivity contribution >= 4 is 55.6 Å². The van der Waals surface area contributed by atoms with Crippen LogP contribution in [0.1, 0.15) is 11.1 Å². The molecule has 0 spiro atoms. The highest BCUT2D eigenvalue weighted by atomic mass is 16.3. The summed E-state index contributed by atoms with van der Waals surface area (Å²) in [6.07, 6.45) is 3.97. The van der Waals surface area contributed by atoms with Gasteiger partial charge in [0, 0.05) is 16.3 Å². The lowest BCUT2D eigenvalue weighted by Gasteiger charge is -2.21. The first kappa shape index (κ1) is 25.1. The van der Waals surface area contributed by atoms with E-state index in [0.29, 0.717) is 0 Å². The Kier molecular flexibility index (Phi) is 5.84. The van der Waals surface area contributed by atoms with Gasteiger partial charge in [0.05, 0.1) is 0 Å². The highest BCUT2D eigenvalue weighted by Gasteiger charge is 2.20. The maximum Gasteiger partial charge on any atom is 0.143 e. The summed E-state index contributed by atoms with van der Waals surface area (Å²) in [6, 6.07) is 47.3. The molecule has 0 aliphatic rings. The molecule has 0 bridgehead atoms. The van der Waals surface area contributed by atoms with E-state index < -0.39 is 0 Å². The average Bonchev–Trinajstić information content (AvgIpc) is 3.46. The van der Waals surface area contributed by atoms with Crippen LogP contribution < -0.4 is 0 Å². The van der Waals surface area contributed by atoms with Gasteiger partial charge in [-0.05, 0) is 66.6 Å². The zero-order valence-electron chi connectivity index (χ0n) is 23.7. The summed E-state index contributed by atoms with van der Waals surface area (Å²) in [5, 5.41) is 7.12. The Morgan fingerprint density at radius 2 is 0.953 bits per heavy atom. The molecule has 1 nitrogen and oxygen atoms in total. The van der Waals surface area contributed by atoms with Crippen molar-refractivity contribution in [2.24, 2.45) is 0 Å². The summed E-state index contributed by atoms with van der Waals surface area (Å²) in [5.41, 5.74) is 10.9. The molecule has 0 aliphatic heterocycles. The van der Waals surface area contributed by atoms with Crippen molar-refractivity contribution in [2.75, 3.05) is 0 Å². The third kappa shape index (κ3) is 3.86. The molecule has 0 saturated carbocycles. The van der Waals surface area contributed by atoms with Crippen molar-refractivity contribution in [3.8, 4) is 33.4 Å². The van der Waals surface area contributed by atoms with Crippen molar-refractivity contribution in [3.05, 3.63) is 158 Å². The van der Waals surface area contributed by atoms with Crippen molar-refractivity contribution in [1.29, 1.82) is 0 Å². The van der Waals surface area contributed by atoms with Crippen LogP contribution in [-0.4, -0.2) is 0 Å². The second kappa shape index (κ2) is 10.0. The van der Waals surface area contributed by atoms with Gasteiger partial charge in [-0.1, -0.05) is 153 Å². The van der Waals surface area contributed by atoms with E-state index in [2.05, 4.69) is 134 Å². The summed E-state index contributed by atoms with van der Waals surface area (Å²) >= 11 is 0. The zero-order valence-corrected chi connectivity index (χ0v) is 23.7. The Hall–Kier alpha value is -5.66. The SMILES string of the molecule is C=Cc1c(C=C)c(-c2cccc3ccccc23)c2ccccc2c1-c1ccc(-c2cccc3c2oc2ccccc23)cc1. The van der Waals surface area contributed by atoms with Crippen LogP contribution in [-0.2, 0) is 0 Å². The Morgan fingerprint density at radius 3 is 1.72 bits per heavy atom. The van der Waals surface area contributed by atoms with Crippen molar-refractivity contribution in [3.63, 3.8) is 0 Å². The van der Waals surface area contributed by atoms with Gasteiger partial charge in [-0.15, -0.1) is 0 Å². The quantitative estimate of drug-likeness (QED) is 0.208. The molecular formula is C42H28O. The third-order valence-corrected chi connectivity index (χ3v) is 8.65. The fraction of sp³-hybridized carbons (Fsp3) is 0. The molecule has 8 rings (SSSR count). The number of hydrogen-bond donors (Lipinski definition) is 0. The number of fused-ring (bicyclic) bond motifs is 5. The minimum atomic E-state index is 0.909. The van der Waals surface area contributed by atoms with Gasteiger partial charge >= 0.3 is 0 Å². The van der Waals surface area contributed by atoms with E-state index in [9.17, 15) is 0 Å². The highest BCUT2D eigenvalue weighted by Crippen LogP contribution is 2.45. The zero-order chi connectivity index (χ0) is 28.9. The Labute approximate surface area is 250 Å². The molecular weight excluding hydrogens is 520 g/mol. The first-order chi connectivity index (χ1) is 21.3. The van der Waals surface area contributed by atoms with Gasteiger partial charge in [0.1, 0.15) is 11.2 Å². The van der Waals surface area contributed by atoms with Gasteiger partial charge in [-0.2, -0.15) is 0 Å². The number of rotatable bonds is 5. The van der Waals surface area contributed by atoms with E-state index >= 15 is 0 Å². The van der Waals surface area contributed by atoms with Gasteiger partial charge < -0.3 is 4.42 Å². The molecule has 0 radical (unpaired) electrons. The lowest BCUT2D eigenvalue weighted by molar-refractivity contribution is 0.670. The van der Waals surface area contributed by atoms with E-state index in [1.54, 1.807) is 0 Å². The molecule has 0 atom stereocenters. The maximum atomic E-state index is 6.34. The first-order valence-corrected chi connectivity index (χ1v) is 14.6. The molecule has 0 unspecified atom stereocenters. The van der Waals surface area contributed by atoms with Crippen molar-refractivity contribution < 1.29 is 4.42 Å². The predicted octanol–water partition coefficient (Wildman–Crippen LogP) is 12.2. The van der Waals surface area contributed by atoms with Crippen LogP contribution >= 0.6 is 0 Å². The number of benzene rings is 7. The van der Waals surface area contributed by atoms with Crippen LogP contribution in [0.5, 0.6) is 0 Å². The molecule has 0 aliphatic carbocycles. The minimum Gasteiger partial charge on any atom is -0.455 e. The molecule has 0 amide bonds. The second-order valence-corrected chi connectivity index (χ2v) is 10.9. The fourth-order valence-corrected chi connectivity index (χ4v) is 6.74. The average molecular weight is 549 g/mol. The van der Waals surface area contributed by atoms with E-state index in [-0.39, 0.29) is 0 Å². The second-order valence-electron chi connectivity index (χ2n) is 10.9. The number of furan rings is 1. The summed E-state index contributed by atoms with van der Waals surface area (Å²) in [5.74, 6) is 0. The third-order valence-electron chi connectivity index (χ3n) is 8.65. The van der Waals surface area contributed by atoms with E-state index in [1.165, 1.54) is 32.7 Å². The van der Waals surface area contributed by atoms with Gasteiger partial charge in [0.2, 0.25) is 0 Å². The lowest BCUT2D eigenvalue weighted by atomic mass is 9.82. The first-order valence-electron chi connectivity index (χ1n) is 14.6.